The van der Waals surface area contributed by atoms with E-state index in [0.717, 1.165) is 44.4 Å². The van der Waals surface area contributed by atoms with Gasteiger partial charge in [-0.05, 0) is 38.5 Å². The molecule has 120 valence electrons. The largest absolute Gasteiger partial charge is 0.378 e. The Morgan fingerprint density at radius 3 is 2.40 bits per heavy atom. The van der Waals surface area contributed by atoms with E-state index in [1.165, 1.54) is 25.7 Å². The number of hydrogen-bond acceptors (Lipinski definition) is 2. The SMILES string of the molecule is CCCNC(=NC)NCCC(OCC)C1CCCC1.I. The second-order valence-electron chi connectivity index (χ2n) is 5.25. The molecule has 1 fully saturated rings. The molecular formula is C15H32IN3O. The molecule has 0 spiro atoms. The summed E-state index contributed by atoms with van der Waals surface area (Å²) in [5.41, 5.74) is 0. The number of aliphatic imine (C=N–C) groups is 1. The highest BCUT2D eigenvalue weighted by molar-refractivity contribution is 14.0. The van der Waals surface area contributed by atoms with Gasteiger partial charge in [-0.2, -0.15) is 0 Å². The summed E-state index contributed by atoms with van der Waals surface area (Å²) in [6, 6.07) is 0. The molecule has 20 heavy (non-hydrogen) atoms. The van der Waals surface area contributed by atoms with E-state index in [9.17, 15) is 0 Å². The molecule has 0 aromatic rings. The summed E-state index contributed by atoms with van der Waals surface area (Å²) in [5.74, 6) is 1.68. The predicted molar refractivity (Wildman–Crippen MR) is 97.1 cm³/mol. The van der Waals surface area contributed by atoms with Crippen molar-refractivity contribution in [2.24, 2.45) is 10.9 Å². The molecule has 0 aliphatic heterocycles. The van der Waals surface area contributed by atoms with E-state index < -0.39 is 0 Å². The lowest BCUT2D eigenvalue weighted by Crippen LogP contribution is -2.39. The third kappa shape index (κ3) is 7.67. The Morgan fingerprint density at radius 1 is 1.20 bits per heavy atom. The Balaban J connectivity index is 0.00000361. The van der Waals surface area contributed by atoms with E-state index in [-0.39, 0.29) is 24.0 Å². The smallest absolute Gasteiger partial charge is 0.190 e. The molecule has 1 atom stereocenters. The van der Waals surface area contributed by atoms with E-state index in [2.05, 4.69) is 29.5 Å². The fourth-order valence-corrected chi connectivity index (χ4v) is 2.80. The molecule has 0 saturated heterocycles. The van der Waals surface area contributed by atoms with Gasteiger partial charge in [-0.15, -0.1) is 24.0 Å². The van der Waals surface area contributed by atoms with Gasteiger partial charge in [0.2, 0.25) is 0 Å². The summed E-state index contributed by atoms with van der Waals surface area (Å²) >= 11 is 0. The molecule has 0 radical (unpaired) electrons. The first-order valence-corrected chi connectivity index (χ1v) is 7.87. The number of ether oxygens (including phenoxy) is 1. The molecule has 1 aliphatic carbocycles. The lowest BCUT2D eigenvalue weighted by Gasteiger charge is -2.24. The fourth-order valence-electron chi connectivity index (χ4n) is 2.80. The number of nitrogens with one attached hydrogen (secondary N) is 2. The summed E-state index contributed by atoms with van der Waals surface area (Å²) in [6.07, 6.45) is 8.05. The van der Waals surface area contributed by atoms with Crippen LogP contribution in [0.3, 0.4) is 0 Å². The molecular weight excluding hydrogens is 365 g/mol. The van der Waals surface area contributed by atoms with E-state index in [1.807, 2.05) is 7.05 Å². The Bertz CT molecular complexity index is 256. The molecule has 1 saturated carbocycles. The van der Waals surface area contributed by atoms with Crippen LogP contribution in [0.25, 0.3) is 0 Å². The molecule has 0 amide bonds. The van der Waals surface area contributed by atoms with Gasteiger partial charge in [-0.25, -0.2) is 0 Å². The van der Waals surface area contributed by atoms with E-state index in [0.29, 0.717) is 6.10 Å². The maximum absolute atomic E-state index is 5.92. The zero-order valence-corrected chi connectivity index (χ0v) is 15.6. The van der Waals surface area contributed by atoms with Gasteiger partial charge in [0.15, 0.2) is 5.96 Å². The molecule has 5 heteroatoms. The van der Waals surface area contributed by atoms with Gasteiger partial charge in [-0.3, -0.25) is 4.99 Å². The molecule has 1 aliphatic rings. The van der Waals surface area contributed by atoms with Crippen molar-refractivity contribution in [1.29, 1.82) is 0 Å². The highest BCUT2D eigenvalue weighted by Gasteiger charge is 2.24. The average molecular weight is 397 g/mol. The summed E-state index contributed by atoms with van der Waals surface area (Å²) in [7, 11) is 1.82. The van der Waals surface area contributed by atoms with E-state index in [1.54, 1.807) is 0 Å². The fraction of sp³-hybridized carbons (Fsp3) is 0.933. The van der Waals surface area contributed by atoms with Crippen LogP contribution in [0.15, 0.2) is 4.99 Å². The third-order valence-corrected chi connectivity index (χ3v) is 3.79. The van der Waals surface area contributed by atoms with Crippen LogP contribution in [-0.4, -0.2) is 38.8 Å². The number of rotatable bonds is 8. The van der Waals surface area contributed by atoms with Crippen molar-refractivity contribution in [2.75, 3.05) is 26.7 Å². The summed E-state index contributed by atoms with van der Waals surface area (Å²) < 4.78 is 5.92. The van der Waals surface area contributed by atoms with Gasteiger partial charge in [0.25, 0.3) is 0 Å². The second-order valence-corrected chi connectivity index (χ2v) is 5.25. The zero-order valence-electron chi connectivity index (χ0n) is 13.3. The predicted octanol–water partition coefficient (Wildman–Crippen LogP) is 3.16. The van der Waals surface area contributed by atoms with Crippen molar-refractivity contribution in [3.05, 3.63) is 0 Å². The van der Waals surface area contributed by atoms with Gasteiger partial charge in [0, 0.05) is 26.7 Å². The standard InChI is InChI=1S/C15H31N3O.HI/c1-4-11-17-15(16-3)18-12-10-14(19-5-2)13-8-6-7-9-13;/h13-14H,4-12H2,1-3H3,(H2,16,17,18);1H. The topological polar surface area (TPSA) is 45.7 Å². The first-order chi connectivity index (χ1) is 9.31. The summed E-state index contributed by atoms with van der Waals surface area (Å²) in [4.78, 5) is 4.22. The maximum Gasteiger partial charge on any atom is 0.190 e. The minimum Gasteiger partial charge on any atom is -0.378 e. The van der Waals surface area contributed by atoms with Crippen molar-refractivity contribution in [3.8, 4) is 0 Å². The van der Waals surface area contributed by atoms with Gasteiger partial charge in [0.05, 0.1) is 6.10 Å². The van der Waals surface area contributed by atoms with Crippen molar-refractivity contribution < 1.29 is 4.74 Å². The lowest BCUT2D eigenvalue weighted by molar-refractivity contribution is 0.0169. The lowest BCUT2D eigenvalue weighted by atomic mass is 9.98. The van der Waals surface area contributed by atoms with Gasteiger partial charge in [0.1, 0.15) is 0 Å². The number of nitrogens with zero attached hydrogens (tertiary/aromatic N) is 1. The first-order valence-electron chi connectivity index (χ1n) is 7.87. The Kier molecular flexibility index (Phi) is 12.7. The van der Waals surface area contributed by atoms with Crippen LogP contribution in [0.2, 0.25) is 0 Å². The Labute approximate surface area is 141 Å². The minimum absolute atomic E-state index is 0. The minimum atomic E-state index is 0. The van der Waals surface area contributed by atoms with Gasteiger partial charge >= 0.3 is 0 Å². The van der Waals surface area contributed by atoms with Crippen LogP contribution < -0.4 is 10.6 Å². The highest BCUT2D eigenvalue weighted by Crippen LogP contribution is 2.30. The quantitative estimate of drug-likeness (QED) is 0.376. The molecule has 0 heterocycles. The van der Waals surface area contributed by atoms with Crippen LogP contribution in [0, 0.1) is 5.92 Å². The van der Waals surface area contributed by atoms with Crippen molar-refractivity contribution >= 4 is 29.9 Å². The maximum atomic E-state index is 5.92. The van der Waals surface area contributed by atoms with Crippen LogP contribution in [0.5, 0.6) is 0 Å². The molecule has 1 rings (SSSR count). The number of halogens is 1. The zero-order chi connectivity index (χ0) is 13.9. The number of hydrogen-bond donors (Lipinski definition) is 2. The van der Waals surface area contributed by atoms with E-state index in [4.69, 9.17) is 4.74 Å². The van der Waals surface area contributed by atoms with Crippen LogP contribution in [-0.2, 0) is 4.74 Å². The van der Waals surface area contributed by atoms with Crippen LogP contribution >= 0.6 is 24.0 Å². The first kappa shape index (κ1) is 20.0. The van der Waals surface area contributed by atoms with Crippen LogP contribution in [0.4, 0.5) is 0 Å². The monoisotopic (exact) mass is 397 g/mol. The van der Waals surface area contributed by atoms with Crippen molar-refractivity contribution in [3.63, 3.8) is 0 Å². The summed E-state index contributed by atoms with van der Waals surface area (Å²) in [6.45, 7) is 6.98. The second kappa shape index (κ2) is 12.7. The molecule has 0 aromatic carbocycles. The average Bonchev–Trinajstić information content (AvgIpc) is 2.95. The summed E-state index contributed by atoms with van der Waals surface area (Å²) in [5, 5.41) is 6.67. The third-order valence-electron chi connectivity index (χ3n) is 3.79. The molecule has 0 bridgehead atoms. The molecule has 2 N–H and O–H groups in total. The van der Waals surface area contributed by atoms with Crippen molar-refractivity contribution in [2.45, 2.75) is 58.5 Å². The molecule has 4 nitrogen and oxygen atoms in total. The highest BCUT2D eigenvalue weighted by atomic mass is 127. The van der Waals surface area contributed by atoms with Gasteiger partial charge in [-0.1, -0.05) is 19.8 Å². The Morgan fingerprint density at radius 2 is 1.85 bits per heavy atom. The molecule has 0 aromatic heterocycles. The normalized spacial score (nSPS) is 17.6. The number of guanidine groups is 1. The van der Waals surface area contributed by atoms with E-state index >= 15 is 0 Å². The Hall–Kier alpha value is -0.0400. The molecule has 1 unspecified atom stereocenters. The van der Waals surface area contributed by atoms with Crippen molar-refractivity contribution in [1.82, 2.24) is 10.6 Å². The van der Waals surface area contributed by atoms with Crippen LogP contribution in [0.1, 0.15) is 52.4 Å². The van der Waals surface area contributed by atoms with Gasteiger partial charge < -0.3 is 15.4 Å².